The van der Waals surface area contributed by atoms with Gasteiger partial charge in [0.25, 0.3) is 0 Å². The van der Waals surface area contributed by atoms with E-state index in [0.717, 1.165) is 0 Å². The highest BCUT2D eigenvalue weighted by molar-refractivity contribution is 6.32. The minimum atomic E-state index is -0.623. The smallest absolute Gasteiger partial charge is 0.152 e. The predicted molar refractivity (Wildman–Crippen MR) is 77.5 cm³/mol. The molecule has 0 bridgehead atoms. The number of alkyl halides is 1. The molecular weight excluding hydrogens is 306 g/mol. The van der Waals surface area contributed by atoms with Crippen LogP contribution < -0.4 is 9.64 Å². The summed E-state index contributed by atoms with van der Waals surface area (Å²) >= 11 is 11.7. The van der Waals surface area contributed by atoms with E-state index in [9.17, 15) is 9.18 Å². The summed E-state index contributed by atoms with van der Waals surface area (Å²) in [6.07, 6.45) is 0.698. The molecule has 7 heteroatoms. The van der Waals surface area contributed by atoms with Crippen molar-refractivity contribution in [3.8, 4) is 5.75 Å². The molecular formula is C13H15Cl2FN2O2. The minimum Gasteiger partial charge on any atom is -0.495 e. The van der Waals surface area contributed by atoms with Gasteiger partial charge in [-0.3, -0.25) is 4.90 Å². The maximum atomic E-state index is 14.0. The van der Waals surface area contributed by atoms with E-state index in [0.29, 0.717) is 43.9 Å². The first-order chi connectivity index (χ1) is 9.56. The van der Waals surface area contributed by atoms with Crippen LogP contribution in [-0.2, 0) is 4.79 Å². The molecule has 0 spiro atoms. The molecule has 1 aromatic rings. The number of hydrogen-bond acceptors (Lipinski definition) is 4. The van der Waals surface area contributed by atoms with Gasteiger partial charge in [0.1, 0.15) is 17.1 Å². The van der Waals surface area contributed by atoms with Gasteiger partial charge in [-0.15, -0.1) is 0 Å². The minimum absolute atomic E-state index is 0.245. The number of anilines is 1. The highest BCUT2D eigenvalue weighted by Crippen LogP contribution is 2.32. The third kappa shape index (κ3) is 3.16. The summed E-state index contributed by atoms with van der Waals surface area (Å²) < 4.78 is 19.1. The molecule has 2 rings (SSSR count). The average Bonchev–Trinajstić information content (AvgIpc) is 2.47. The number of hydrogen-bond donors (Lipinski definition) is 0. The molecule has 1 unspecified atom stereocenters. The van der Waals surface area contributed by atoms with Crippen molar-refractivity contribution in [3.05, 3.63) is 23.0 Å². The van der Waals surface area contributed by atoms with E-state index in [1.54, 1.807) is 6.07 Å². The number of carbonyl (C=O) groups excluding carboxylic acids is 1. The standard InChI is InChI=1S/C13H15Cl2FN2O2/c1-20-12-7-11(10(16)6-9(12)14)17-2-4-18(5-3-17)13(15)8-19/h6-8,13H,2-5H2,1H3. The molecule has 20 heavy (non-hydrogen) atoms. The van der Waals surface area contributed by atoms with Crippen LogP contribution in [-0.4, -0.2) is 50.0 Å². The molecule has 110 valence electrons. The maximum Gasteiger partial charge on any atom is 0.152 e. The van der Waals surface area contributed by atoms with E-state index < -0.39 is 5.50 Å². The fraction of sp³-hybridized carbons (Fsp3) is 0.462. The highest BCUT2D eigenvalue weighted by Gasteiger charge is 2.24. The topological polar surface area (TPSA) is 32.8 Å². The molecule has 1 aromatic carbocycles. The molecule has 1 saturated heterocycles. The number of rotatable bonds is 4. The van der Waals surface area contributed by atoms with Crippen molar-refractivity contribution in [2.45, 2.75) is 5.50 Å². The number of piperazine rings is 1. The van der Waals surface area contributed by atoms with Gasteiger partial charge in [-0.25, -0.2) is 4.39 Å². The van der Waals surface area contributed by atoms with Crippen molar-refractivity contribution in [1.29, 1.82) is 0 Å². The lowest BCUT2D eigenvalue weighted by Gasteiger charge is -2.37. The summed E-state index contributed by atoms with van der Waals surface area (Å²) in [5.41, 5.74) is -0.176. The second-order valence-electron chi connectivity index (χ2n) is 4.47. The zero-order valence-electron chi connectivity index (χ0n) is 11.0. The first-order valence-electron chi connectivity index (χ1n) is 6.18. The number of aldehydes is 1. The number of benzene rings is 1. The molecule has 1 aliphatic rings. The summed E-state index contributed by atoms with van der Waals surface area (Å²) in [5, 5.41) is 0.245. The van der Waals surface area contributed by atoms with Crippen molar-refractivity contribution in [1.82, 2.24) is 4.90 Å². The van der Waals surface area contributed by atoms with Gasteiger partial charge >= 0.3 is 0 Å². The Hall–Kier alpha value is -1.04. The molecule has 0 aliphatic carbocycles. The third-order valence-electron chi connectivity index (χ3n) is 3.34. The molecule has 1 heterocycles. The lowest BCUT2D eigenvalue weighted by Crippen LogP contribution is -2.49. The largest absolute Gasteiger partial charge is 0.495 e. The van der Waals surface area contributed by atoms with E-state index >= 15 is 0 Å². The van der Waals surface area contributed by atoms with Crippen LogP contribution in [0.1, 0.15) is 0 Å². The fourth-order valence-electron chi connectivity index (χ4n) is 2.21. The summed E-state index contributed by atoms with van der Waals surface area (Å²) in [5.74, 6) is 0.0515. The summed E-state index contributed by atoms with van der Waals surface area (Å²) in [6, 6.07) is 2.84. The van der Waals surface area contributed by atoms with Crippen LogP contribution in [0.5, 0.6) is 5.75 Å². The first-order valence-corrected chi connectivity index (χ1v) is 6.99. The summed E-state index contributed by atoms with van der Waals surface area (Å²) in [6.45, 7) is 2.35. The number of ether oxygens (including phenoxy) is 1. The molecule has 4 nitrogen and oxygen atoms in total. The Balaban J connectivity index is 2.12. The Kier molecular flexibility index (Phi) is 5.07. The van der Waals surface area contributed by atoms with Crippen LogP contribution in [0, 0.1) is 5.82 Å². The Morgan fingerprint density at radius 1 is 1.35 bits per heavy atom. The van der Waals surface area contributed by atoms with Crippen molar-refractivity contribution in [2.24, 2.45) is 0 Å². The molecule has 1 fully saturated rings. The van der Waals surface area contributed by atoms with Crippen LogP contribution in [0.2, 0.25) is 5.02 Å². The van der Waals surface area contributed by atoms with Gasteiger partial charge in [-0.2, -0.15) is 0 Å². The predicted octanol–water partition coefficient (Wildman–Crippen LogP) is 2.37. The monoisotopic (exact) mass is 320 g/mol. The van der Waals surface area contributed by atoms with Gasteiger partial charge in [0, 0.05) is 32.2 Å². The zero-order valence-corrected chi connectivity index (χ0v) is 12.5. The number of nitrogens with zero attached hydrogens (tertiary/aromatic N) is 2. The number of carbonyl (C=O) groups is 1. The molecule has 0 amide bonds. The SMILES string of the molecule is COc1cc(N2CCN(C(Cl)C=O)CC2)c(F)cc1Cl. The average molecular weight is 321 g/mol. The van der Waals surface area contributed by atoms with Crippen LogP contribution in [0.15, 0.2) is 12.1 Å². The fourth-order valence-corrected chi connectivity index (χ4v) is 2.64. The quantitative estimate of drug-likeness (QED) is 0.484. The first kappa shape index (κ1) is 15.4. The van der Waals surface area contributed by atoms with Crippen molar-refractivity contribution in [3.63, 3.8) is 0 Å². The Morgan fingerprint density at radius 3 is 2.55 bits per heavy atom. The van der Waals surface area contributed by atoms with Gasteiger partial charge in [0.2, 0.25) is 0 Å². The normalized spacial score (nSPS) is 17.9. The van der Waals surface area contributed by atoms with Crippen molar-refractivity contribution < 1.29 is 13.9 Å². The second-order valence-corrected chi connectivity index (χ2v) is 5.32. The van der Waals surface area contributed by atoms with Crippen LogP contribution in [0.25, 0.3) is 0 Å². The van der Waals surface area contributed by atoms with Crippen LogP contribution in [0.4, 0.5) is 10.1 Å². The number of methoxy groups -OCH3 is 1. The molecule has 0 saturated carbocycles. The molecule has 0 radical (unpaired) electrons. The summed E-state index contributed by atoms with van der Waals surface area (Å²) in [4.78, 5) is 14.4. The van der Waals surface area contributed by atoms with E-state index in [2.05, 4.69) is 0 Å². The second kappa shape index (κ2) is 6.61. The highest BCUT2D eigenvalue weighted by atomic mass is 35.5. The summed E-state index contributed by atoms with van der Waals surface area (Å²) in [7, 11) is 1.49. The van der Waals surface area contributed by atoms with Crippen LogP contribution >= 0.6 is 23.2 Å². The van der Waals surface area contributed by atoms with Crippen molar-refractivity contribution in [2.75, 3.05) is 38.2 Å². The van der Waals surface area contributed by atoms with Gasteiger partial charge in [-0.1, -0.05) is 23.2 Å². The van der Waals surface area contributed by atoms with Gasteiger partial charge in [0.15, 0.2) is 6.29 Å². The molecule has 1 atom stereocenters. The van der Waals surface area contributed by atoms with Gasteiger partial charge in [-0.05, 0) is 6.07 Å². The van der Waals surface area contributed by atoms with Crippen molar-refractivity contribution >= 4 is 35.2 Å². The maximum absolute atomic E-state index is 14.0. The van der Waals surface area contributed by atoms with E-state index in [-0.39, 0.29) is 10.8 Å². The molecule has 1 aliphatic heterocycles. The zero-order chi connectivity index (χ0) is 14.7. The van der Waals surface area contributed by atoms with E-state index in [1.165, 1.54) is 13.2 Å². The van der Waals surface area contributed by atoms with Gasteiger partial charge < -0.3 is 14.4 Å². The van der Waals surface area contributed by atoms with Gasteiger partial charge in [0.05, 0.1) is 17.8 Å². The Morgan fingerprint density at radius 2 is 2.00 bits per heavy atom. The molecule has 0 aromatic heterocycles. The number of halogens is 3. The third-order valence-corrected chi connectivity index (χ3v) is 4.01. The van der Waals surface area contributed by atoms with Crippen LogP contribution in [0.3, 0.4) is 0 Å². The van der Waals surface area contributed by atoms with E-state index in [4.69, 9.17) is 27.9 Å². The van der Waals surface area contributed by atoms with E-state index in [1.807, 2.05) is 9.80 Å². The Labute approximate surface area is 127 Å². The lowest BCUT2D eigenvalue weighted by molar-refractivity contribution is -0.110. The lowest BCUT2D eigenvalue weighted by atomic mass is 10.2. The molecule has 0 N–H and O–H groups in total. The Bertz CT molecular complexity index is 494.